The van der Waals surface area contributed by atoms with Gasteiger partial charge in [0.2, 0.25) is 0 Å². The SMILES string of the molecule is CC(=O)c1ccc(-c2cccc3[nH]c(-c4n[nH]c5ccc(-c6cncc(NC(C)C)c6)nc45)cc23)s1. The lowest BCUT2D eigenvalue weighted by atomic mass is 10.1. The molecule has 5 heterocycles. The fraction of sp³-hybridized carbons (Fsp3) is 0.143. The van der Waals surface area contributed by atoms with Gasteiger partial charge < -0.3 is 10.3 Å². The third kappa shape index (κ3) is 3.95. The van der Waals surface area contributed by atoms with Crippen LogP contribution in [0.1, 0.15) is 30.4 Å². The maximum atomic E-state index is 11.8. The van der Waals surface area contributed by atoms with Crippen molar-refractivity contribution in [2.45, 2.75) is 26.8 Å². The number of carbonyl (C=O) groups excluding carboxylic acids is 1. The van der Waals surface area contributed by atoms with Crippen LogP contribution in [0.5, 0.6) is 0 Å². The highest BCUT2D eigenvalue weighted by Gasteiger charge is 2.16. The van der Waals surface area contributed by atoms with Crippen molar-refractivity contribution in [3.8, 4) is 33.1 Å². The lowest BCUT2D eigenvalue weighted by Crippen LogP contribution is -2.09. The van der Waals surface area contributed by atoms with E-state index in [0.29, 0.717) is 6.04 Å². The molecule has 5 aromatic heterocycles. The Bertz CT molecular complexity index is 1740. The van der Waals surface area contributed by atoms with Gasteiger partial charge >= 0.3 is 0 Å². The summed E-state index contributed by atoms with van der Waals surface area (Å²) in [7, 11) is 0. The lowest BCUT2D eigenvalue weighted by molar-refractivity contribution is 0.102. The van der Waals surface area contributed by atoms with Gasteiger partial charge in [-0.2, -0.15) is 5.10 Å². The van der Waals surface area contributed by atoms with Gasteiger partial charge in [0.05, 0.1) is 27.5 Å². The molecule has 0 saturated heterocycles. The summed E-state index contributed by atoms with van der Waals surface area (Å²) in [5.41, 5.74) is 8.11. The molecule has 0 aliphatic carbocycles. The number of hydrogen-bond donors (Lipinski definition) is 3. The van der Waals surface area contributed by atoms with Crippen LogP contribution in [0.25, 0.3) is 55.0 Å². The maximum absolute atomic E-state index is 11.8. The second-order valence-electron chi connectivity index (χ2n) is 9.10. The number of anilines is 1. The van der Waals surface area contributed by atoms with Crippen molar-refractivity contribution in [1.82, 2.24) is 25.1 Å². The van der Waals surface area contributed by atoms with Crippen molar-refractivity contribution in [3.63, 3.8) is 0 Å². The minimum atomic E-state index is 0.0822. The number of hydrogen-bond acceptors (Lipinski definition) is 6. The minimum Gasteiger partial charge on any atom is -0.382 e. The van der Waals surface area contributed by atoms with E-state index in [9.17, 15) is 4.79 Å². The Morgan fingerprint density at radius 2 is 1.92 bits per heavy atom. The summed E-state index contributed by atoms with van der Waals surface area (Å²) < 4.78 is 0. The van der Waals surface area contributed by atoms with Gasteiger partial charge in [-0.15, -0.1) is 11.3 Å². The number of fused-ring (bicyclic) bond motifs is 2. The van der Waals surface area contributed by atoms with Crippen LogP contribution in [0.2, 0.25) is 0 Å². The Kier molecular flexibility index (Phi) is 5.38. The summed E-state index contributed by atoms with van der Waals surface area (Å²) in [5.74, 6) is 0.0822. The maximum Gasteiger partial charge on any atom is 0.169 e. The second kappa shape index (κ2) is 8.73. The number of H-pyrrole nitrogens is 2. The van der Waals surface area contributed by atoms with E-state index in [1.807, 2.05) is 42.7 Å². The van der Waals surface area contributed by atoms with Crippen LogP contribution in [-0.2, 0) is 0 Å². The first kappa shape index (κ1) is 22.2. The van der Waals surface area contributed by atoms with Crippen LogP contribution < -0.4 is 5.32 Å². The van der Waals surface area contributed by atoms with E-state index in [-0.39, 0.29) is 5.78 Å². The Balaban J connectivity index is 1.43. The molecule has 0 fully saturated rings. The first-order valence-corrected chi connectivity index (χ1v) is 12.6. The number of aromatic amines is 2. The number of nitrogens with one attached hydrogen (secondary N) is 3. The van der Waals surface area contributed by atoms with Crippen molar-refractivity contribution < 1.29 is 4.79 Å². The molecule has 178 valence electrons. The molecule has 1 aromatic carbocycles. The second-order valence-corrected chi connectivity index (χ2v) is 10.2. The van der Waals surface area contributed by atoms with E-state index in [4.69, 9.17) is 4.98 Å². The number of ketones is 1. The fourth-order valence-electron chi connectivity index (χ4n) is 4.41. The van der Waals surface area contributed by atoms with E-state index >= 15 is 0 Å². The monoisotopic (exact) mass is 492 g/mol. The zero-order chi connectivity index (χ0) is 24.8. The van der Waals surface area contributed by atoms with E-state index in [0.717, 1.165) is 65.6 Å². The number of aromatic nitrogens is 5. The lowest BCUT2D eigenvalue weighted by Gasteiger charge is -2.10. The van der Waals surface area contributed by atoms with Gasteiger partial charge in [-0.05, 0) is 63.2 Å². The molecule has 0 amide bonds. The number of Topliss-reactive ketones (excluding diaryl/α,β-unsaturated/α-hetero) is 1. The molecule has 7 nitrogen and oxygen atoms in total. The van der Waals surface area contributed by atoms with Crippen LogP contribution in [-0.4, -0.2) is 37.0 Å². The van der Waals surface area contributed by atoms with E-state index in [1.54, 1.807) is 6.92 Å². The van der Waals surface area contributed by atoms with Gasteiger partial charge in [-0.1, -0.05) is 12.1 Å². The van der Waals surface area contributed by atoms with Crippen molar-refractivity contribution in [3.05, 3.63) is 71.9 Å². The van der Waals surface area contributed by atoms with Crippen molar-refractivity contribution >= 4 is 44.7 Å². The molecule has 0 spiro atoms. The Labute approximate surface area is 211 Å². The quantitative estimate of drug-likeness (QED) is 0.219. The zero-order valence-electron chi connectivity index (χ0n) is 20.1. The molecule has 0 aliphatic rings. The van der Waals surface area contributed by atoms with Gasteiger partial charge in [0.1, 0.15) is 11.2 Å². The number of thiophene rings is 1. The van der Waals surface area contributed by atoms with Crippen molar-refractivity contribution in [1.29, 1.82) is 0 Å². The number of carbonyl (C=O) groups is 1. The number of benzene rings is 1. The highest BCUT2D eigenvalue weighted by Crippen LogP contribution is 2.37. The summed E-state index contributed by atoms with van der Waals surface area (Å²) in [6.07, 6.45) is 3.64. The number of rotatable bonds is 6. The minimum absolute atomic E-state index is 0.0822. The third-order valence-electron chi connectivity index (χ3n) is 6.03. The van der Waals surface area contributed by atoms with Gasteiger partial charge in [0.15, 0.2) is 5.78 Å². The highest BCUT2D eigenvalue weighted by molar-refractivity contribution is 7.17. The molecular formula is C28H24N6OS. The summed E-state index contributed by atoms with van der Waals surface area (Å²) in [5, 5.41) is 12.2. The smallest absolute Gasteiger partial charge is 0.169 e. The Morgan fingerprint density at radius 3 is 2.72 bits per heavy atom. The molecule has 6 rings (SSSR count). The first-order valence-electron chi connectivity index (χ1n) is 11.8. The molecule has 3 N–H and O–H groups in total. The molecule has 36 heavy (non-hydrogen) atoms. The topological polar surface area (TPSA) is 99.4 Å². The summed E-state index contributed by atoms with van der Waals surface area (Å²) in [6, 6.07) is 18.5. The van der Waals surface area contributed by atoms with E-state index in [2.05, 4.69) is 63.6 Å². The molecule has 0 radical (unpaired) electrons. The third-order valence-corrected chi connectivity index (χ3v) is 7.25. The van der Waals surface area contributed by atoms with Crippen LogP contribution in [0.4, 0.5) is 5.69 Å². The van der Waals surface area contributed by atoms with Crippen molar-refractivity contribution in [2.75, 3.05) is 5.32 Å². The molecule has 8 heteroatoms. The fourth-order valence-corrected chi connectivity index (χ4v) is 5.35. The van der Waals surface area contributed by atoms with Gasteiger partial charge in [-0.25, -0.2) is 4.98 Å². The summed E-state index contributed by atoms with van der Waals surface area (Å²) in [6.45, 7) is 5.80. The predicted molar refractivity (Wildman–Crippen MR) is 146 cm³/mol. The van der Waals surface area contributed by atoms with Gasteiger partial charge in [0.25, 0.3) is 0 Å². The van der Waals surface area contributed by atoms with Crippen molar-refractivity contribution in [2.24, 2.45) is 0 Å². The average molecular weight is 493 g/mol. The molecule has 0 saturated carbocycles. The zero-order valence-corrected chi connectivity index (χ0v) is 20.9. The normalized spacial score (nSPS) is 11.6. The van der Waals surface area contributed by atoms with Gasteiger partial charge in [-0.3, -0.25) is 14.9 Å². The van der Waals surface area contributed by atoms with E-state index in [1.165, 1.54) is 11.3 Å². The number of nitrogens with zero attached hydrogens (tertiary/aromatic N) is 3. The average Bonchev–Trinajstić information content (AvgIpc) is 3.60. The van der Waals surface area contributed by atoms with Crippen LogP contribution in [0, 0.1) is 0 Å². The van der Waals surface area contributed by atoms with Crippen LogP contribution >= 0.6 is 11.3 Å². The molecule has 0 atom stereocenters. The molecule has 0 aliphatic heterocycles. The molecule has 6 aromatic rings. The molecular weight excluding hydrogens is 468 g/mol. The van der Waals surface area contributed by atoms with E-state index < -0.39 is 0 Å². The Hall–Kier alpha value is -4.30. The molecule has 0 bridgehead atoms. The molecule has 0 unspecified atom stereocenters. The Morgan fingerprint density at radius 1 is 1.03 bits per heavy atom. The number of pyridine rings is 2. The van der Waals surface area contributed by atoms with Gasteiger partial charge in [0, 0.05) is 45.3 Å². The van der Waals surface area contributed by atoms with Crippen LogP contribution in [0.3, 0.4) is 0 Å². The summed E-state index contributed by atoms with van der Waals surface area (Å²) in [4.78, 5) is 26.5. The van der Waals surface area contributed by atoms with Crippen LogP contribution in [0.15, 0.2) is 67.0 Å². The largest absolute Gasteiger partial charge is 0.382 e. The standard InChI is InChI=1S/C28H24N6OS/c1-15(2)30-18-11-17(13-29-14-18)21-7-8-23-27(32-21)28(34-33-23)24-12-20-19(5-4-6-22(20)31-24)26-10-9-25(36-26)16(3)35/h4-15,30-31H,1-3H3,(H,33,34). The highest BCUT2D eigenvalue weighted by atomic mass is 32.1. The summed E-state index contributed by atoms with van der Waals surface area (Å²) >= 11 is 1.51. The first-order chi connectivity index (χ1) is 17.5. The predicted octanol–water partition coefficient (Wildman–Crippen LogP) is 6.92.